The first-order valence-electron chi connectivity index (χ1n) is 7.39. The molecule has 1 aliphatic heterocycles. The standard InChI is InChI=1S/C17H18BrN3O.ClH/c18-15-6-2-1-4-13(15)10-17(22)21-9-8-20-12-16(21)14-5-3-7-19-11-14;/h1-7,11,16,20H,8-10,12H2;1H. The van der Waals surface area contributed by atoms with E-state index in [0.717, 1.165) is 35.2 Å². The van der Waals surface area contributed by atoms with Crippen LogP contribution >= 0.6 is 28.3 Å². The van der Waals surface area contributed by atoms with Gasteiger partial charge in [0, 0.05) is 36.5 Å². The van der Waals surface area contributed by atoms with Crippen molar-refractivity contribution in [3.63, 3.8) is 0 Å². The molecule has 23 heavy (non-hydrogen) atoms. The molecule has 3 rings (SSSR count). The van der Waals surface area contributed by atoms with E-state index < -0.39 is 0 Å². The molecule has 1 amide bonds. The highest BCUT2D eigenvalue weighted by Crippen LogP contribution is 2.24. The highest BCUT2D eigenvalue weighted by Gasteiger charge is 2.28. The van der Waals surface area contributed by atoms with Crippen molar-refractivity contribution in [1.29, 1.82) is 0 Å². The maximum Gasteiger partial charge on any atom is 0.227 e. The van der Waals surface area contributed by atoms with E-state index in [1.54, 1.807) is 6.20 Å². The molecule has 0 bridgehead atoms. The minimum atomic E-state index is 0. The minimum absolute atomic E-state index is 0. The van der Waals surface area contributed by atoms with E-state index in [9.17, 15) is 4.79 Å². The van der Waals surface area contributed by atoms with E-state index in [-0.39, 0.29) is 24.4 Å². The number of pyridine rings is 1. The number of rotatable bonds is 3. The van der Waals surface area contributed by atoms with Gasteiger partial charge in [0.2, 0.25) is 5.91 Å². The zero-order chi connectivity index (χ0) is 15.4. The fourth-order valence-electron chi connectivity index (χ4n) is 2.78. The molecular weight excluding hydrogens is 378 g/mol. The number of benzene rings is 1. The van der Waals surface area contributed by atoms with Gasteiger partial charge in [-0.3, -0.25) is 9.78 Å². The number of nitrogens with one attached hydrogen (secondary N) is 1. The Morgan fingerprint density at radius 3 is 2.87 bits per heavy atom. The molecule has 0 radical (unpaired) electrons. The Kier molecular flexibility index (Phi) is 6.57. The smallest absolute Gasteiger partial charge is 0.227 e. The number of aromatic nitrogens is 1. The predicted octanol–water partition coefficient (Wildman–Crippen LogP) is 2.98. The van der Waals surface area contributed by atoms with E-state index in [1.165, 1.54) is 0 Å². The van der Waals surface area contributed by atoms with Crippen LogP contribution in [0, 0.1) is 0 Å². The second-order valence-electron chi connectivity index (χ2n) is 5.36. The highest BCUT2D eigenvalue weighted by molar-refractivity contribution is 9.10. The molecule has 0 saturated carbocycles. The second kappa shape index (κ2) is 8.43. The van der Waals surface area contributed by atoms with Crippen LogP contribution in [-0.4, -0.2) is 35.4 Å². The van der Waals surface area contributed by atoms with Crippen LogP contribution in [0.3, 0.4) is 0 Å². The summed E-state index contributed by atoms with van der Waals surface area (Å²) in [5.74, 6) is 0.155. The molecule has 1 fully saturated rings. The van der Waals surface area contributed by atoms with Gasteiger partial charge >= 0.3 is 0 Å². The number of halogens is 2. The monoisotopic (exact) mass is 395 g/mol. The first-order valence-corrected chi connectivity index (χ1v) is 8.18. The van der Waals surface area contributed by atoms with Gasteiger partial charge in [-0.1, -0.05) is 40.2 Å². The van der Waals surface area contributed by atoms with E-state index in [4.69, 9.17) is 0 Å². The first-order chi connectivity index (χ1) is 10.8. The van der Waals surface area contributed by atoms with Gasteiger partial charge in [-0.05, 0) is 23.3 Å². The largest absolute Gasteiger partial charge is 0.333 e. The molecule has 1 saturated heterocycles. The fraction of sp³-hybridized carbons (Fsp3) is 0.294. The highest BCUT2D eigenvalue weighted by atomic mass is 79.9. The lowest BCUT2D eigenvalue weighted by Crippen LogP contribution is -2.49. The Balaban J connectivity index is 0.00000192. The van der Waals surface area contributed by atoms with Crippen molar-refractivity contribution >= 4 is 34.2 Å². The Bertz CT molecular complexity index is 653. The summed E-state index contributed by atoms with van der Waals surface area (Å²) in [6, 6.07) is 11.9. The third-order valence-electron chi connectivity index (χ3n) is 3.93. The number of carbonyl (C=O) groups is 1. The number of hydrogen-bond donors (Lipinski definition) is 1. The first kappa shape index (κ1) is 17.9. The lowest BCUT2D eigenvalue weighted by molar-refractivity contribution is -0.133. The lowest BCUT2D eigenvalue weighted by atomic mass is 10.0. The number of carbonyl (C=O) groups excluding carboxylic acids is 1. The predicted molar refractivity (Wildman–Crippen MR) is 96.7 cm³/mol. The average Bonchev–Trinajstić information content (AvgIpc) is 2.58. The van der Waals surface area contributed by atoms with Crippen molar-refractivity contribution < 1.29 is 4.79 Å². The van der Waals surface area contributed by atoms with Gasteiger partial charge in [-0.15, -0.1) is 12.4 Å². The molecule has 1 aliphatic rings. The Hall–Kier alpha value is -1.43. The summed E-state index contributed by atoms with van der Waals surface area (Å²) in [7, 11) is 0. The third-order valence-corrected chi connectivity index (χ3v) is 4.71. The average molecular weight is 397 g/mol. The number of hydrogen-bond acceptors (Lipinski definition) is 3. The maximum atomic E-state index is 12.8. The summed E-state index contributed by atoms with van der Waals surface area (Å²) >= 11 is 3.52. The van der Waals surface area contributed by atoms with Gasteiger partial charge in [0.15, 0.2) is 0 Å². The van der Waals surface area contributed by atoms with Gasteiger partial charge in [0.25, 0.3) is 0 Å². The topological polar surface area (TPSA) is 45.2 Å². The molecule has 122 valence electrons. The third kappa shape index (κ3) is 4.31. The summed E-state index contributed by atoms with van der Waals surface area (Å²) < 4.78 is 0.983. The van der Waals surface area contributed by atoms with Crippen molar-refractivity contribution in [2.24, 2.45) is 0 Å². The Labute approximate surface area is 150 Å². The molecule has 1 aromatic carbocycles. The zero-order valence-electron chi connectivity index (χ0n) is 12.6. The van der Waals surface area contributed by atoms with Gasteiger partial charge < -0.3 is 10.2 Å². The molecule has 1 N–H and O–H groups in total. The van der Waals surface area contributed by atoms with Gasteiger partial charge in [-0.25, -0.2) is 0 Å². The van der Waals surface area contributed by atoms with Crippen molar-refractivity contribution in [2.45, 2.75) is 12.5 Å². The van der Waals surface area contributed by atoms with E-state index in [0.29, 0.717) is 6.42 Å². The summed E-state index contributed by atoms with van der Waals surface area (Å²) in [6.45, 7) is 2.33. The molecule has 6 heteroatoms. The van der Waals surface area contributed by atoms with Gasteiger partial charge in [-0.2, -0.15) is 0 Å². The van der Waals surface area contributed by atoms with Crippen LogP contribution in [0.15, 0.2) is 53.3 Å². The van der Waals surface area contributed by atoms with E-state index >= 15 is 0 Å². The summed E-state index contributed by atoms with van der Waals surface area (Å²) in [5, 5.41) is 3.36. The minimum Gasteiger partial charge on any atom is -0.333 e. The van der Waals surface area contributed by atoms with Crippen LogP contribution < -0.4 is 5.32 Å². The van der Waals surface area contributed by atoms with Crippen molar-refractivity contribution in [3.05, 3.63) is 64.4 Å². The molecule has 1 aromatic heterocycles. The van der Waals surface area contributed by atoms with Crippen molar-refractivity contribution in [2.75, 3.05) is 19.6 Å². The van der Waals surface area contributed by atoms with Crippen LogP contribution in [0.5, 0.6) is 0 Å². The Morgan fingerprint density at radius 2 is 2.13 bits per heavy atom. The fourth-order valence-corrected chi connectivity index (χ4v) is 3.20. The maximum absolute atomic E-state index is 12.8. The lowest BCUT2D eigenvalue weighted by Gasteiger charge is -2.36. The molecule has 2 aromatic rings. The summed E-state index contributed by atoms with van der Waals surface area (Å²) in [4.78, 5) is 18.9. The van der Waals surface area contributed by atoms with E-state index in [1.807, 2.05) is 47.5 Å². The van der Waals surface area contributed by atoms with E-state index in [2.05, 4.69) is 26.2 Å². The second-order valence-corrected chi connectivity index (χ2v) is 6.22. The van der Waals surface area contributed by atoms with Crippen LogP contribution in [0.25, 0.3) is 0 Å². The molecule has 4 nitrogen and oxygen atoms in total. The zero-order valence-corrected chi connectivity index (χ0v) is 15.0. The molecule has 2 heterocycles. The van der Waals surface area contributed by atoms with Crippen LogP contribution in [0.1, 0.15) is 17.2 Å². The quantitative estimate of drug-likeness (QED) is 0.867. The van der Waals surface area contributed by atoms with Gasteiger partial charge in [0.1, 0.15) is 0 Å². The van der Waals surface area contributed by atoms with Gasteiger partial charge in [0.05, 0.1) is 12.5 Å². The SMILES string of the molecule is Cl.O=C(Cc1ccccc1Br)N1CCNCC1c1cccnc1. The number of amides is 1. The molecular formula is C17H19BrClN3O. The molecule has 1 unspecified atom stereocenters. The number of piperazine rings is 1. The van der Waals surface area contributed by atoms with Crippen molar-refractivity contribution in [3.8, 4) is 0 Å². The van der Waals surface area contributed by atoms with Crippen LogP contribution in [0.2, 0.25) is 0 Å². The summed E-state index contributed by atoms with van der Waals surface area (Å²) in [6.07, 6.45) is 4.02. The normalized spacial score (nSPS) is 17.4. The number of nitrogens with zero attached hydrogens (tertiary/aromatic N) is 2. The molecule has 0 aliphatic carbocycles. The van der Waals surface area contributed by atoms with Crippen LogP contribution in [0.4, 0.5) is 0 Å². The molecule has 0 spiro atoms. The molecule has 1 atom stereocenters. The van der Waals surface area contributed by atoms with Crippen molar-refractivity contribution in [1.82, 2.24) is 15.2 Å². The van der Waals surface area contributed by atoms with Crippen LogP contribution in [-0.2, 0) is 11.2 Å². The Morgan fingerprint density at radius 1 is 1.30 bits per heavy atom. The summed E-state index contributed by atoms with van der Waals surface area (Å²) in [5.41, 5.74) is 2.10.